The first-order valence-corrected chi connectivity index (χ1v) is 10.0. The van der Waals surface area contributed by atoms with Gasteiger partial charge in [-0.2, -0.15) is 0 Å². The topological polar surface area (TPSA) is 55.4 Å². The minimum absolute atomic E-state index is 0.127. The monoisotopic (exact) mass is 375 g/mol. The number of hydrogen-bond acceptors (Lipinski definition) is 3. The molecule has 4 bridgehead atoms. The third-order valence-electron chi connectivity index (χ3n) is 6.81. The summed E-state index contributed by atoms with van der Waals surface area (Å²) in [6, 6.07) is 6.83. The van der Waals surface area contributed by atoms with E-state index in [4.69, 9.17) is 16.3 Å². The summed E-state index contributed by atoms with van der Waals surface area (Å²) in [5.41, 5.74) is 0.535. The van der Waals surface area contributed by atoms with Crippen LogP contribution in [0.3, 0.4) is 0 Å². The van der Waals surface area contributed by atoms with Crippen molar-refractivity contribution in [3.63, 3.8) is 0 Å². The van der Waals surface area contributed by atoms with Crippen molar-refractivity contribution in [2.75, 3.05) is 6.61 Å². The molecule has 140 valence electrons. The molecular weight excluding hydrogens is 350 g/mol. The Kier molecular flexibility index (Phi) is 4.72. The Bertz CT molecular complexity index is 682. The average molecular weight is 376 g/mol. The molecule has 5 rings (SSSR count). The van der Waals surface area contributed by atoms with Gasteiger partial charge in [-0.25, -0.2) is 4.79 Å². The summed E-state index contributed by atoms with van der Waals surface area (Å²) < 4.78 is 5.16. The quantitative estimate of drug-likeness (QED) is 0.784. The lowest BCUT2D eigenvalue weighted by atomic mass is 9.48. The smallest absolute Gasteiger partial charge is 0.340 e. The summed E-state index contributed by atoms with van der Waals surface area (Å²) in [6.45, 7) is 1.86. The summed E-state index contributed by atoms with van der Waals surface area (Å²) in [7, 11) is 0. The molecule has 0 aromatic heterocycles. The van der Waals surface area contributed by atoms with Crippen LogP contribution in [-0.2, 0) is 9.53 Å². The first-order chi connectivity index (χ1) is 12.4. The highest BCUT2D eigenvalue weighted by atomic mass is 35.5. The molecule has 1 atom stereocenters. The number of benzene rings is 1. The molecule has 0 heterocycles. The third kappa shape index (κ3) is 3.36. The van der Waals surface area contributed by atoms with Crippen molar-refractivity contribution in [2.24, 2.45) is 23.2 Å². The minimum Gasteiger partial charge on any atom is -0.452 e. The lowest BCUT2D eigenvalue weighted by Crippen LogP contribution is -2.56. The fourth-order valence-corrected chi connectivity index (χ4v) is 6.19. The van der Waals surface area contributed by atoms with E-state index in [0.29, 0.717) is 5.02 Å². The number of hydrogen-bond donors (Lipinski definition) is 1. The predicted molar refractivity (Wildman–Crippen MR) is 99.9 cm³/mol. The predicted octanol–water partition coefficient (Wildman–Crippen LogP) is 4.22. The molecule has 0 aliphatic heterocycles. The zero-order valence-corrected chi connectivity index (χ0v) is 15.9. The summed E-state index contributed by atoms with van der Waals surface area (Å²) in [4.78, 5) is 24.4. The number of halogens is 1. The second kappa shape index (κ2) is 6.88. The standard InChI is InChI=1S/C21H26ClNO3/c1-13(21-9-14-6-15(10-21)8-16(7-14)11-21)23-19(24)12-26-20(25)17-4-2-3-5-18(17)22/h2-5,13-16H,6-12H2,1H3,(H,23,24). The molecule has 0 radical (unpaired) electrons. The Morgan fingerprint density at radius 2 is 1.73 bits per heavy atom. The molecule has 4 saturated carbocycles. The fourth-order valence-electron chi connectivity index (χ4n) is 5.98. The molecule has 0 spiro atoms. The van der Waals surface area contributed by atoms with Gasteiger partial charge in [-0.05, 0) is 80.8 Å². The molecular formula is C21H26ClNO3. The molecule has 4 nitrogen and oxygen atoms in total. The Balaban J connectivity index is 1.32. The van der Waals surface area contributed by atoms with Crippen LogP contribution < -0.4 is 5.32 Å². The van der Waals surface area contributed by atoms with Crippen molar-refractivity contribution >= 4 is 23.5 Å². The summed E-state index contributed by atoms with van der Waals surface area (Å²) in [6.07, 6.45) is 7.86. The van der Waals surface area contributed by atoms with Crippen LogP contribution in [0.15, 0.2) is 24.3 Å². The van der Waals surface area contributed by atoms with E-state index in [1.807, 2.05) is 0 Å². The first kappa shape index (κ1) is 17.8. The molecule has 1 N–H and O–H groups in total. The van der Waals surface area contributed by atoms with E-state index < -0.39 is 5.97 Å². The normalized spacial score (nSPS) is 32.9. The van der Waals surface area contributed by atoms with E-state index in [2.05, 4.69) is 12.2 Å². The lowest BCUT2D eigenvalue weighted by molar-refractivity contribution is -0.128. The molecule has 4 fully saturated rings. The van der Waals surface area contributed by atoms with Crippen molar-refractivity contribution in [3.05, 3.63) is 34.9 Å². The summed E-state index contributed by atoms with van der Waals surface area (Å²) >= 11 is 5.99. The first-order valence-electron chi connectivity index (χ1n) is 9.66. The van der Waals surface area contributed by atoms with Crippen molar-refractivity contribution in [1.82, 2.24) is 5.32 Å². The van der Waals surface area contributed by atoms with Gasteiger partial charge in [0, 0.05) is 6.04 Å². The average Bonchev–Trinajstić information content (AvgIpc) is 2.59. The third-order valence-corrected chi connectivity index (χ3v) is 7.14. The maximum atomic E-state index is 12.3. The molecule has 5 heteroatoms. The van der Waals surface area contributed by atoms with Gasteiger partial charge in [0.05, 0.1) is 10.6 Å². The molecule has 4 aliphatic carbocycles. The molecule has 4 aliphatic rings. The van der Waals surface area contributed by atoms with Gasteiger partial charge in [0.2, 0.25) is 0 Å². The van der Waals surface area contributed by atoms with Crippen LogP contribution in [-0.4, -0.2) is 24.5 Å². The Hall–Kier alpha value is -1.55. The zero-order valence-electron chi connectivity index (χ0n) is 15.2. The molecule has 26 heavy (non-hydrogen) atoms. The van der Waals surface area contributed by atoms with E-state index in [9.17, 15) is 9.59 Å². The van der Waals surface area contributed by atoms with Gasteiger partial charge >= 0.3 is 5.97 Å². The highest BCUT2D eigenvalue weighted by Gasteiger charge is 2.53. The number of carbonyl (C=O) groups is 2. The summed E-state index contributed by atoms with van der Waals surface area (Å²) in [5, 5.41) is 3.44. The number of rotatable bonds is 5. The van der Waals surface area contributed by atoms with Crippen LogP contribution >= 0.6 is 11.6 Å². The van der Waals surface area contributed by atoms with Gasteiger partial charge in [-0.3, -0.25) is 4.79 Å². The molecule has 1 aromatic rings. The van der Waals surface area contributed by atoms with Gasteiger partial charge in [0.15, 0.2) is 6.61 Å². The zero-order chi connectivity index (χ0) is 18.3. The number of nitrogens with one attached hydrogen (secondary N) is 1. The number of amides is 1. The van der Waals surface area contributed by atoms with E-state index in [-0.39, 0.29) is 29.5 Å². The Labute approximate surface area is 159 Å². The van der Waals surface area contributed by atoms with E-state index in [1.54, 1.807) is 24.3 Å². The van der Waals surface area contributed by atoms with Gasteiger partial charge in [0.25, 0.3) is 5.91 Å². The summed E-state index contributed by atoms with van der Waals surface area (Å²) in [5.74, 6) is 1.75. The minimum atomic E-state index is -0.562. The largest absolute Gasteiger partial charge is 0.452 e. The van der Waals surface area contributed by atoms with Crippen LogP contribution in [0.1, 0.15) is 55.8 Å². The van der Waals surface area contributed by atoms with Crippen molar-refractivity contribution in [1.29, 1.82) is 0 Å². The van der Waals surface area contributed by atoms with Crippen LogP contribution in [0.4, 0.5) is 0 Å². The maximum Gasteiger partial charge on any atom is 0.340 e. The fraction of sp³-hybridized carbons (Fsp3) is 0.619. The number of ether oxygens (including phenoxy) is 1. The number of esters is 1. The molecule has 0 saturated heterocycles. The van der Waals surface area contributed by atoms with Crippen molar-refractivity contribution < 1.29 is 14.3 Å². The van der Waals surface area contributed by atoms with Crippen LogP contribution in [0.5, 0.6) is 0 Å². The van der Waals surface area contributed by atoms with Gasteiger partial charge in [0.1, 0.15) is 0 Å². The van der Waals surface area contributed by atoms with Crippen molar-refractivity contribution in [3.8, 4) is 0 Å². The second-order valence-electron chi connectivity index (χ2n) is 8.63. The van der Waals surface area contributed by atoms with E-state index in [0.717, 1.165) is 17.8 Å². The Morgan fingerprint density at radius 3 is 2.31 bits per heavy atom. The Morgan fingerprint density at radius 1 is 1.15 bits per heavy atom. The SMILES string of the molecule is CC(NC(=O)COC(=O)c1ccccc1Cl)C12CC3CC(CC(C3)C1)C2. The van der Waals surface area contributed by atoms with Crippen LogP contribution in [0, 0.1) is 23.2 Å². The lowest BCUT2D eigenvalue weighted by Gasteiger charge is -2.59. The number of carbonyl (C=O) groups excluding carboxylic acids is 2. The molecule has 1 unspecified atom stereocenters. The van der Waals surface area contributed by atoms with Gasteiger partial charge < -0.3 is 10.1 Å². The van der Waals surface area contributed by atoms with Crippen LogP contribution in [0.2, 0.25) is 5.02 Å². The molecule has 1 amide bonds. The highest BCUT2D eigenvalue weighted by molar-refractivity contribution is 6.33. The second-order valence-corrected chi connectivity index (χ2v) is 9.03. The molecule has 1 aromatic carbocycles. The van der Waals surface area contributed by atoms with E-state index >= 15 is 0 Å². The highest BCUT2D eigenvalue weighted by Crippen LogP contribution is 2.61. The van der Waals surface area contributed by atoms with Gasteiger partial charge in [-0.1, -0.05) is 23.7 Å². The van der Waals surface area contributed by atoms with Gasteiger partial charge in [-0.15, -0.1) is 0 Å². The van der Waals surface area contributed by atoms with Crippen LogP contribution in [0.25, 0.3) is 0 Å². The maximum absolute atomic E-state index is 12.3. The van der Waals surface area contributed by atoms with E-state index in [1.165, 1.54) is 38.5 Å². The van der Waals surface area contributed by atoms with Crippen molar-refractivity contribution in [2.45, 2.75) is 51.5 Å².